The molecule has 5 heteroatoms. The second-order valence-electron chi connectivity index (χ2n) is 25.1. The zero-order valence-corrected chi connectivity index (χ0v) is 49.7. The third-order valence-electron chi connectivity index (χ3n) is 19.6. The molecule has 1 unspecified atom stereocenters. The largest absolute Gasteiger partial charge is 0.333 e. The predicted molar refractivity (Wildman–Crippen MR) is 367 cm³/mol. The molecular weight excluding hydrogens is 1050 g/mol. The van der Waals surface area contributed by atoms with Crippen LogP contribution in [0, 0.1) is 0 Å². The van der Waals surface area contributed by atoms with Crippen LogP contribution in [-0.4, -0.2) is 19.5 Å². The van der Waals surface area contributed by atoms with E-state index in [0.29, 0.717) is 0 Å². The summed E-state index contributed by atoms with van der Waals surface area (Å²) in [7, 11) is 0. The fraction of sp³-hybridized carbons (Fsp3) is 0.110. The fourth-order valence-electron chi connectivity index (χ4n) is 15.6. The molecule has 0 spiro atoms. The molecule has 0 amide bonds. The summed E-state index contributed by atoms with van der Waals surface area (Å²) in [6.45, 7) is 14.1. The van der Waals surface area contributed by atoms with E-state index in [-0.39, 0.29) is 16.9 Å². The van der Waals surface area contributed by atoms with Gasteiger partial charge in [-0.25, -0.2) is 4.99 Å². The van der Waals surface area contributed by atoms with Crippen LogP contribution in [0.25, 0.3) is 110 Å². The molecule has 3 heterocycles. The number of aromatic nitrogens is 3. The van der Waals surface area contributed by atoms with Gasteiger partial charge in [-0.05, 0) is 160 Å². The third kappa shape index (κ3) is 7.48. The lowest BCUT2D eigenvalue weighted by Gasteiger charge is -2.26. The molecule has 0 bridgehead atoms. The van der Waals surface area contributed by atoms with Gasteiger partial charge in [0, 0.05) is 77.0 Å². The Morgan fingerprint density at radius 1 is 0.379 bits per heavy atom. The lowest BCUT2D eigenvalue weighted by molar-refractivity contribution is 0.660. The van der Waals surface area contributed by atoms with Gasteiger partial charge in [0.15, 0.2) is 0 Å². The van der Waals surface area contributed by atoms with Crippen LogP contribution in [0.1, 0.15) is 75.4 Å². The minimum atomic E-state index is -0.203. The van der Waals surface area contributed by atoms with Crippen molar-refractivity contribution in [3.63, 3.8) is 0 Å². The molecule has 0 radical (unpaired) electrons. The molecule has 2 aliphatic carbocycles. The van der Waals surface area contributed by atoms with Crippen molar-refractivity contribution in [3.05, 3.63) is 295 Å². The quantitative estimate of drug-likeness (QED) is 0.110. The molecular formula is C82H63N5. The molecule has 0 N–H and O–H groups in total. The zero-order chi connectivity index (χ0) is 58.4. The van der Waals surface area contributed by atoms with Gasteiger partial charge in [-0.15, -0.1) is 0 Å². The maximum absolute atomic E-state index is 5.88. The molecule has 416 valence electrons. The van der Waals surface area contributed by atoms with Crippen LogP contribution in [0.4, 0.5) is 17.1 Å². The number of nitrogens with zero attached hydrogens (tertiary/aromatic N) is 5. The first-order valence-corrected chi connectivity index (χ1v) is 30.6. The Hall–Kier alpha value is -10.5. The molecule has 3 aromatic heterocycles. The van der Waals surface area contributed by atoms with Gasteiger partial charge in [0.25, 0.3) is 0 Å². The summed E-state index contributed by atoms with van der Waals surface area (Å²) in [6, 6.07) is 98.8. The topological polar surface area (TPSA) is 30.4 Å². The Bertz CT molecular complexity index is 5380. The van der Waals surface area contributed by atoms with E-state index in [1.807, 2.05) is 0 Å². The molecule has 2 aliphatic rings. The first kappa shape index (κ1) is 51.0. The van der Waals surface area contributed by atoms with Crippen LogP contribution in [0.2, 0.25) is 0 Å². The van der Waals surface area contributed by atoms with E-state index in [9.17, 15) is 0 Å². The summed E-state index contributed by atoms with van der Waals surface area (Å²) >= 11 is 0. The second kappa shape index (κ2) is 19.0. The average molecular weight is 1120 g/mol. The van der Waals surface area contributed by atoms with Gasteiger partial charge in [0.1, 0.15) is 5.84 Å². The van der Waals surface area contributed by atoms with Crippen LogP contribution < -0.4 is 4.90 Å². The summed E-state index contributed by atoms with van der Waals surface area (Å²) in [4.78, 5) is 8.21. The van der Waals surface area contributed by atoms with E-state index in [1.54, 1.807) is 0 Å². The highest BCUT2D eigenvalue weighted by molar-refractivity contribution is 6.15. The number of para-hydroxylation sites is 5. The van der Waals surface area contributed by atoms with Crippen molar-refractivity contribution in [1.29, 1.82) is 0 Å². The zero-order valence-electron chi connectivity index (χ0n) is 49.7. The summed E-state index contributed by atoms with van der Waals surface area (Å²) in [6.07, 6.45) is 0. The third-order valence-corrected chi connectivity index (χ3v) is 19.6. The van der Waals surface area contributed by atoms with Crippen molar-refractivity contribution >= 4 is 88.3 Å². The monoisotopic (exact) mass is 1120 g/mol. The summed E-state index contributed by atoms with van der Waals surface area (Å²) in [5, 5.41) is 7.45. The lowest BCUT2D eigenvalue weighted by atomic mass is 9.80. The van der Waals surface area contributed by atoms with Gasteiger partial charge in [-0.2, -0.15) is 0 Å². The highest BCUT2D eigenvalue weighted by Crippen LogP contribution is 2.54. The Labute approximate surface area is 507 Å². The molecule has 15 aromatic rings. The lowest BCUT2D eigenvalue weighted by Crippen LogP contribution is -2.23. The van der Waals surface area contributed by atoms with E-state index in [1.165, 1.54) is 105 Å². The summed E-state index contributed by atoms with van der Waals surface area (Å²) in [5.74, 6) is 0.853. The summed E-state index contributed by atoms with van der Waals surface area (Å²) in [5.41, 5.74) is 26.3. The van der Waals surface area contributed by atoms with E-state index < -0.39 is 0 Å². The van der Waals surface area contributed by atoms with E-state index in [4.69, 9.17) is 4.99 Å². The standard InChI is InChI=1S/C82H63N5/c1-51(84-75-36-22-17-31-67(75)79-76(84)46-44-66-60-28-14-19-33-70(60)82(5,6)80(66)79)68-49-57(87-74-35-21-16-29-62(74)64-42-38-54(48-77(64)87)53-37-41-61-59-27-13-18-32-69(59)81(3,4)71(61)47-53)40-45-72(68)83-52(2)85(55-23-9-7-10-24-55)58-39-43-65-63-30-15-20-34-73(63)86(78(65)50-58)56-25-11-8-12-26-56/h7-51H,1-6H3. The number of hydrogen-bond donors (Lipinski definition) is 0. The van der Waals surface area contributed by atoms with Crippen LogP contribution in [-0.2, 0) is 10.8 Å². The first-order valence-electron chi connectivity index (χ1n) is 30.6. The number of aliphatic imine (C=N–C) groups is 1. The fourth-order valence-corrected chi connectivity index (χ4v) is 15.6. The molecule has 87 heavy (non-hydrogen) atoms. The van der Waals surface area contributed by atoms with E-state index >= 15 is 0 Å². The minimum Gasteiger partial charge on any atom is -0.333 e. The van der Waals surface area contributed by atoms with Crippen molar-refractivity contribution in [3.8, 4) is 44.8 Å². The molecule has 0 saturated heterocycles. The number of rotatable bonds is 8. The Kier molecular flexibility index (Phi) is 11.1. The van der Waals surface area contributed by atoms with Gasteiger partial charge in [-0.3, -0.25) is 4.90 Å². The van der Waals surface area contributed by atoms with Gasteiger partial charge in [0.05, 0.1) is 39.3 Å². The van der Waals surface area contributed by atoms with Crippen LogP contribution in [0.3, 0.4) is 0 Å². The Morgan fingerprint density at radius 2 is 0.908 bits per heavy atom. The normalized spacial score (nSPS) is 14.3. The molecule has 12 aromatic carbocycles. The van der Waals surface area contributed by atoms with Crippen molar-refractivity contribution in [1.82, 2.24) is 13.7 Å². The van der Waals surface area contributed by atoms with Crippen molar-refractivity contribution in [2.75, 3.05) is 4.90 Å². The first-order chi connectivity index (χ1) is 42.5. The number of hydrogen-bond acceptors (Lipinski definition) is 1. The van der Waals surface area contributed by atoms with Gasteiger partial charge < -0.3 is 13.7 Å². The maximum atomic E-state index is 5.88. The number of anilines is 2. The smallest absolute Gasteiger partial charge is 0.111 e. The minimum absolute atomic E-state index is 0.107. The van der Waals surface area contributed by atoms with Gasteiger partial charge in [-0.1, -0.05) is 204 Å². The van der Waals surface area contributed by atoms with Crippen molar-refractivity contribution in [2.45, 2.75) is 58.4 Å². The molecule has 17 rings (SSSR count). The van der Waals surface area contributed by atoms with Crippen LogP contribution >= 0.6 is 0 Å². The average Bonchev–Trinajstić information content (AvgIpc) is 1.60. The number of amidine groups is 1. The van der Waals surface area contributed by atoms with Crippen LogP contribution in [0.15, 0.2) is 272 Å². The molecule has 0 saturated carbocycles. The Morgan fingerprint density at radius 3 is 1.63 bits per heavy atom. The van der Waals surface area contributed by atoms with Gasteiger partial charge in [0.2, 0.25) is 0 Å². The second-order valence-corrected chi connectivity index (χ2v) is 25.1. The van der Waals surface area contributed by atoms with E-state index in [0.717, 1.165) is 56.4 Å². The SMILES string of the molecule is CC(=Nc1ccc(-n2c3ccccc3c3ccc(-c4ccc5c(c4)C(C)(C)c4ccccc4-5)cc32)cc1C(C)n1c2ccccc2c2c3c(ccc21)-c1ccccc1C3(C)C)N(c1ccccc1)c1ccc2c3ccccc3n(-c3ccccc3)c2c1. The molecule has 0 fully saturated rings. The highest BCUT2D eigenvalue weighted by atomic mass is 15.2. The van der Waals surface area contributed by atoms with Crippen LogP contribution in [0.5, 0.6) is 0 Å². The van der Waals surface area contributed by atoms with Crippen molar-refractivity contribution in [2.24, 2.45) is 4.99 Å². The van der Waals surface area contributed by atoms with Gasteiger partial charge >= 0.3 is 0 Å². The highest BCUT2D eigenvalue weighted by Gasteiger charge is 2.39. The summed E-state index contributed by atoms with van der Waals surface area (Å²) < 4.78 is 7.49. The van der Waals surface area contributed by atoms with Crippen molar-refractivity contribution < 1.29 is 0 Å². The Balaban J connectivity index is 0.884. The molecule has 1 atom stereocenters. The number of benzene rings is 12. The molecule has 0 aliphatic heterocycles. The van der Waals surface area contributed by atoms with E-state index in [2.05, 4.69) is 327 Å². The number of fused-ring (bicyclic) bond motifs is 16. The molecule has 5 nitrogen and oxygen atoms in total. The predicted octanol–water partition coefficient (Wildman–Crippen LogP) is 21.8. The maximum Gasteiger partial charge on any atom is 0.111 e.